The molecule has 1 aromatic rings. The van der Waals surface area contributed by atoms with Crippen LogP contribution in [-0.4, -0.2) is 23.9 Å². The Hall–Kier alpha value is -1.34. The number of thiophene rings is 1. The second kappa shape index (κ2) is 5.83. The van der Waals surface area contributed by atoms with Crippen LogP contribution in [0.4, 0.5) is 0 Å². The predicted molar refractivity (Wildman–Crippen MR) is 67.7 cm³/mol. The largest absolute Gasteiger partial charge is 0.343 e. The van der Waals surface area contributed by atoms with Crippen LogP contribution in [0, 0.1) is 11.3 Å². The van der Waals surface area contributed by atoms with E-state index in [0.717, 1.165) is 30.8 Å². The molecule has 0 bridgehead atoms. The van der Waals surface area contributed by atoms with Crippen molar-refractivity contribution in [1.82, 2.24) is 4.90 Å². The molecule has 1 amide bonds. The SMILES string of the molecule is N#CC(CC(=O)N1CCCCC1)c1cccs1. The third-order valence-electron chi connectivity index (χ3n) is 3.13. The van der Waals surface area contributed by atoms with Gasteiger partial charge in [0.05, 0.1) is 12.0 Å². The molecule has 0 radical (unpaired) electrons. The highest BCUT2D eigenvalue weighted by Gasteiger charge is 2.22. The van der Waals surface area contributed by atoms with Gasteiger partial charge in [0.15, 0.2) is 0 Å². The zero-order chi connectivity index (χ0) is 12.1. The Morgan fingerprint density at radius 1 is 1.47 bits per heavy atom. The zero-order valence-electron chi connectivity index (χ0n) is 9.76. The monoisotopic (exact) mass is 248 g/mol. The van der Waals surface area contributed by atoms with E-state index in [4.69, 9.17) is 5.26 Å². The van der Waals surface area contributed by atoms with Crippen molar-refractivity contribution in [2.75, 3.05) is 13.1 Å². The second-order valence-electron chi connectivity index (χ2n) is 4.34. The Balaban J connectivity index is 1.95. The number of piperidine rings is 1. The zero-order valence-corrected chi connectivity index (χ0v) is 10.6. The third kappa shape index (κ3) is 3.07. The fraction of sp³-hybridized carbons (Fsp3) is 0.538. The summed E-state index contributed by atoms with van der Waals surface area (Å²) < 4.78 is 0. The Labute approximate surface area is 106 Å². The maximum atomic E-state index is 12.0. The van der Waals surface area contributed by atoms with Gasteiger partial charge in [-0.2, -0.15) is 5.26 Å². The molecule has 0 N–H and O–H groups in total. The van der Waals surface area contributed by atoms with Crippen molar-refractivity contribution in [3.63, 3.8) is 0 Å². The molecular formula is C13H16N2OS. The van der Waals surface area contributed by atoms with E-state index < -0.39 is 0 Å². The van der Waals surface area contributed by atoms with Crippen LogP contribution in [0.5, 0.6) is 0 Å². The number of carbonyl (C=O) groups is 1. The number of nitriles is 1. The minimum Gasteiger partial charge on any atom is -0.343 e. The summed E-state index contributed by atoms with van der Waals surface area (Å²) >= 11 is 1.55. The van der Waals surface area contributed by atoms with Crippen LogP contribution in [-0.2, 0) is 4.79 Å². The van der Waals surface area contributed by atoms with Gasteiger partial charge in [-0.1, -0.05) is 6.07 Å². The molecule has 1 atom stereocenters. The third-order valence-corrected chi connectivity index (χ3v) is 4.12. The first kappa shape index (κ1) is 12.1. The Morgan fingerprint density at radius 3 is 2.82 bits per heavy atom. The second-order valence-corrected chi connectivity index (χ2v) is 5.32. The average molecular weight is 248 g/mol. The van der Waals surface area contributed by atoms with Crippen LogP contribution in [0.2, 0.25) is 0 Å². The van der Waals surface area contributed by atoms with Gasteiger partial charge in [0.25, 0.3) is 0 Å². The highest BCUT2D eigenvalue weighted by Crippen LogP contribution is 2.25. The van der Waals surface area contributed by atoms with Crippen molar-refractivity contribution >= 4 is 17.2 Å². The van der Waals surface area contributed by atoms with Crippen molar-refractivity contribution in [3.05, 3.63) is 22.4 Å². The molecule has 0 spiro atoms. The van der Waals surface area contributed by atoms with E-state index in [1.54, 1.807) is 11.3 Å². The van der Waals surface area contributed by atoms with Crippen molar-refractivity contribution in [3.8, 4) is 6.07 Å². The van der Waals surface area contributed by atoms with Crippen molar-refractivity contribution in [1.29, 1.82) is 5.26 Å². The molecule has 1 unspecified atom stereocenters. The predicted octanol–water partition coefficient (Wildman–Crippen LogP) is 2.76. The Morgan fingerprint density at radius 2 is 2.24 bits per heavy atom. The molecule has 1 aliphatic rings. The molecular weight excluding hydrogens is 232 g/mol. The smallest absolute Gasteiger partial charge is 0.224 e. The summed E-state index contributed by atoms with van der Waals surface area (Å²) in [6.45, 7) is 1.73. The quantitative estimate of drug-likeness (QED) is 0.825. The number of hydrogen-bond donors (Lipinski definition) is 0. The summed E-state index contributed by atoms with van der Waals surface area (Å²) in [5, 5.41) is 11.1. The molecule has 4 heteroatoms. The topological polar surface area (TPSA) is 44.1 Å². The number of hydrogen-bond acceptors (Lipinski definition) is 3. The molecule has 0 saturated carbocycles. The average Bonchev–Trinajstić information content (AvgIpc) is 2.90. The lowest BCUT2D eigenvalue weighted by Crippen LogP contribution is -2.36. The van der Waals surface area contributed by atoms with Gasteiger partial charge < -0.3 is 4.90 Å². The van der Waals surface area contributed by atoms with E-state index in [9.17, 15) is 4.79 Å². The van der Waals surface area contributed by atoms with E-state index >= 15 is 0 Å². The maximum Gasteiger partial charge on any atom is 0.224 e. The molecule has 1 saturated heterocycles. The molecule has 90 valence electrons. The maximum absolute atomic E-state index is 12.0. The lowest BCUT2D eigenvalue weighted by Gasteiger charge is -2.27. The van der Waals surface area contributed by atoms with Crippen LogP contribution in [0.15, 0.2) is 17.5 Å². The van der Waals surface area contributed by atoms with Crippen LogP contribution >= 0.6 is 11.3 Å². The summed E-state index contributed by atoms with van der Waals surface area (Å²) in [7, 11) is 0. The molecule has 1 fully saturated rings. The minimum atomic E-state index is -0.274. The molecule has 17 heavy (non-hydrogen) atoms. The van der Waals surface area contributed by atoms with Gasteiger partial charge in [0.1, 0.15) is 0 Å². The first-order valence-electron chi connectivity index (χ1n) is 6.02. The molecule has 2 rings (SSSR count). The van der Waals surface area contributed by atoms with Gasteiger partial charge in [-0.05, 0) is 30.7 Å². The number of carbonyl (C=O) groups excluding carboxylic acids is 1. The normalized spacial score (nSPS) is 17.5. The van der Waals surface area contributed by atoms with Crippen LogP contribution in [0.3, 0.4) is 0 Å². The number of nitrogens with zero attached hydrogens (tertiary/aromatic N) is 2. The van der Waals surface area contributed by atoms with Crippen molar-refractivity contribution < 1.29 is 4.79 Å². The van der Waals surface area contributed by atoms with Gasteiger partial charge in [-0.3, -0.25) is 4.79 Å². The van der Waals surface area contributed by atoms with E-state index in [0.29, 0.717) is 6.42 Å². The Bertz CT molecular complexity index is 402. The van der Waals surface area contributed by atoms with Crippen LogP contribution < -0.4 is 0 Å². The summed E-state index contributed by atoms with van der Waals surface area (Å²) in [4.78, 5) is 14.9. The van der Waals surface area contributed by atoms with Crippen molar-refractivity contribution in [2.45, 2.75) is 31.6 Å². The van der Waals surface area contributed by atoms with Crippen LogP contribution in [0.25, 0.3) is 0 Å². The summed E-state index contributed by atoms with van der Waals surface area (Å²) in [6, 6.07) is 6.10. The van der Waals surface area contributed by atoms with Gasteiger partial charge in [-0.25, -0.2) is 0 Å². The van der Waals surface area contributed by atoms with Gasteiger partial charge in [0.2, 0.25) is 5.91 Å². The van der Waals surface area contributed by atoms with Crippen molar-refractivity contribution in [2.24, 2.45) is 0 Å². The van der Waals surface area contributed by atoms with E-state index in [1.165, 1.54) is 6.42 Å². The van der Waals surface area contributed by atoms with Gasteiger partial charge in [0, 0.05) is 24.4 Å². The highest BCUT2D eigenvalue weighted by atomic mass is 32.1. The molecule has 3 nitrogen and oxygen atoms in total. The minimum absolute atomic E-state index is 0.129. The molecule has 2 heterocycles. The summed E-state index contributed by atoms with van der Waals surface area (Å²) in [5.74, 6) is -0.144. The summed E-state index contributed by atoms with van der Waals surface area (Å²) in [6.07, 6.45) is 3.75. The fourth-order valence-electron chi connectivity index (χ4n) is 2.15. The first-order chi connectivity index (χ1) is 8.31. The number of amides is 1. The molecule has 1 aromatic heterocycles. The summed E-state index contributed by atoms with van der Waals surface area (Å²) in [5.41, 5.74) is 0. The fourth-order valence-corrected chi connectivity index (χ4v) is 2.92. The highest BCUT2D eigenvalue weighted by molar-refractivity contribution is 7.10. The number of rotatable bonds is 3. The molecule has 0 aliphatic carbocycles. The van der Waals surface area contributed by atoms with Gasteiger partial charge >= 0.3 is 0 Å². The number of likely N-dealkylation sites (tertiary alicyclic amines) is 1. The Kier molecular flexibility index (Phi) is 4.16. The van der Waals surface area contributed by atoms with Crippen LogP contribution in [0.1, 0.15) is 36.5 Å². The lowest BCUT2D eigenvalue weighted by molar-refractivity contribution is -0.132. The standard InChI is InChI=1S/C13H16N2OS/c14-10-11(12-5-4-8-17-12)9-13(16)15-6-2-1-3-7-15/h4-5,8,11H,1-3,6-7,9H2. The van der Waals surface area contributed by atoms with Gasteiger partial charge in [-0.15, -0.1) is 11.3 Å². The molecule has 0 aromatic carbocycles. The van der Waals surface area contributed by atoms with E-state index in [1.807, 2.05) is 22.4 Å². The first-order valence-corrected chi connectivity index (χ1v) is 6.90. The van der Waals surface area contributed by atoms with E-state index in [-0.39, 0.29) is 11.8 Å². The lowest BCUT2D eigenvalue weighted by atomic mass is 10.0. The molecule has 1 aliphatic heterocycles. The van der Waals surface area contributed by atoms with E-state index in [2.05, 4.69) is 6.07 Å².